The average Bonchev–Trinajstić information content (AvgIpc) is 3.00. The second kappa shape index (κ2) is 7.27. The fourth-order valence-electron chi connectivity index (χ4n) is 1.88. The molecule has 1 amide bonds. The van der Waals surface area contributed by atoms with E-state index < -0.39 is 0 Å². The highest BCUT2D eigenvalue weighted by Gasteiger charge is 2.10. The smallest absolute Gasteiger partial charge is 0.251 e. The summed E-state index contributed by atoms with van der Waals surface area (Å²) in [6, 6.07) is 5.45. The number of amides is 1. The van der Waals surface area contributed by atoms with Crippen molar-refractivity contribution >= 4 is 5.91 Å². The molecule has 0 radical (unpaired) electrons. The minimum Gasteiger partial charge on any atom is -0.395 e. The van der Waals surface area contributed by atoms with Crippen molar-refractivity contribution in [1.29, 1.82) is 0 Å². The highest BCUT2D eigenvalue weighted by molar-refractivity contribution is 5.96. The zero-order valence-electron chi connectivity index (χ0n) is 11.8. The first-order valence-electron chi connectivity index (χ1n) is 6.67. The van der Waals surface area contributed by atoms with Crippen LogP contribution in [0.5, 0.6) is 0 Å². The summed E-state index contributed by atoms with van der Waals surface area (Å²) in [5.74, 6) is 5.70. The molecule has 0 saturated carbocycles. The van der Waals surface area contributed by atoms with E-state index in [1.165, 1.54) is 0 Å². The molecule has 5 nitrogen and oxygen atoms in total. The first-order chi connectivity index (χ1) is 10.2. The number of hydrogen-bond donors (Lipinski definition) is 3. The van der Waals surface area contributed by atoms with E-state index in [2.05, 4.69) is 27.4 Å². The molecule has 1 aromatic carbocycles. The van der Waals surface area contributed by atoms with Gasteiger partial charge in [0.05, 0.1) is 12.8 Å². The van der Waals surface area contributed by atoms with Gasteiger partial charge in [0, 0.05) is 35.9 Å². The minimum absolute atomic E-state index is 0.0386. The highest BCUT2D eigenvalue weighted by atomic mass is 16.2. The molecule has 0 aliphatic rings. The molecule has 2 rings (SSSR count). The summed E-state index contributed by atoms with van der Waals surface area (Å²) in [4.78, 5) is 12.2. The molecule has 0 fully saturated rings. The van der Waals surface area contributed by atoms with Gasteiger partial charge in [0.25, 0.3) is 5.91 Å². The second-order valence-electron chi connectivity index (χ2n) is 4.54. The van der Waals surface area contributed by atoms with Crippen LogP contribution in [-0.4, -0.2) is 27.8 Å². The quantitative estimate of drug-likeness (QED) is 0.742. The molecular formula is C16H17N3O2. The predicted molar refractivity (Wildman–Crippen MR) is 79.5 cm³/mol. The van der Waals surface area contributed by atoms with E-state index in [0.717, 1.165) is 16.7 Å². The van der Waals surface area contributed by atoms with Crippen LogP contribution in [0, 0.1) is 18.8 Å². The Hall–Kier alpha value is -2.58. The molecule has 0 bridgehead atoms. The van der Waals surface area contributed by atoms with Crippen molar-refractivity contribution < 1.29 is 9.90 Å². The molecule has 0 aliphatic heterocycles. The summed E-state index contributed by atoms with van der Waals surface area (Å²) in [6.45, 7) is 2.34. The maximum Gasteiger partial charge on any atom is 0.251 e. The van der Waals surface area contributed by atoms with Crippen LogP contribution in [0.3, 0.4) is 0 Å². The SMILES string of the molecule is Cc1c(C#CCCO)cccc1C(=O)NCc1cn[nH]c1. The summed E-state index contributed by atoms with van der Waals surface area (Å²) in [7, 11) is 0. The maximum absolute atomic E-state index is 12.2. The normalized spacial score (nSPS) is 9.81. The van der Waals surface area contributed by atoms with Crippen LogP contribution >= 0.6 is 0 Å². The van der Waals surface area contributed by atoms with E-state index in [-0.39, 0.29) is 12.5 Å². The lowest BCUT2D eigenvalue weighted by Crippen LogP contribution is -2.23. The molecule has 1 aromatic heterocycles. The van der Waals surface area contributed by atoms with Gasteiger partial charge in [-0.2, -0.15) is 5.10 Å². The Labute approximate surface area is 123 Å². The molecule has 0 atom stereocenters. The van der Waals surface area contributed by atoms with E-state index in [1.54, 1.807) is 18.5 Å². The number of H-pyrrole nitrogens is 1. The molecule has 1 heterocycles. The number of aliphatic hydroxyl groups excluding tert-OH is 1. The summed E-state index contributed by atoms with van der Waals surface area (Å²) >= 11 is 0. The molecule has 21 heavy (non-hydrogen) atoms. The van der Waals surface area contributed by atoms with Crippen molar-refractivity contribution in [2.24, 2.45) is 0 Å². The zero-order chi connectivity index (χ0) is 15.1. The molecule has 108 valence electrons. The second-order valence-corrected chi connectivity index (χ2v) is 4.54. The monoisotopic (exact) mass is 283 g/mol. The molecule has 3 N–H and O–H groups in total. The van der Waals surface area contributed by atoms with Gasteiger partial charge in [-0.25, -0.2) is 0 Å². The Bertz CT molecular complexity index is 667. The lowest BCUT2D eigenvalue weighted by Gasteiger charge is -2.08. The summed E-state index contributed by atoms with van der Waals surface area (Å²) < 4.78 is 0. The Morgan fingerprint density at radius 2 is 2.33 bits per heavy atom. The van der Waals surface area contributed by atoms with Gasteiger partial charge in [-0.05, 0) is 24.6 Å². The van der Waals surface area contributed by atoms with Gasteiger partial charge in [0.2, 0.25) is 0 Å². The van der Waals surface area contributed by atoms with E-state index in [9.17, 15) is 4.79 Å². The van der Waals surface area contributed by atoms with Crippen molar-refractivity contribution in [2.45, 2.75) is 19.9 Å². The number of carbonyl (C=O) groups excluding carboxylic acids is 1. The zero-order valence-corrected chi connectivity index (χ0v) is 11.8. The van der Waals surface area contributed by atoms with Crippen molar-refractivity contribution in [2.75, 3.05) is 6.61 Å². The Kier molecular flexibility index (Phi) is 5.13. The van der Waals surface area contributed by atoms with Gasteiger partial charge in [-0.3, -0.25) is 9.89 Å². The maximum atomic E-state index is 12.2. The third-order valence-corrected chi connectivity index (χ3v) is 3.05. The summed E-state index contributed by atoms with van der Waals surface area (Å²) in [6.07, 6.45) is 3.84. The van der Waals surface area contributed by atoms with E-state index >= 15 is 0 Å². The van der Waals surface area contributed by atoms with E-state index in [0.29, 0.717) is 18.5 Å². The molecule has 0 aliphatic carbocycles. The van der Waals surface area contributed by atoms with Gasteiger partial charge in [-0.1, -0.05) is 17.9 Å². The Morgan fingerprint density at radius 1 is 1.48 bits per heavy atom. The van der Waals surface area contributed by atoms with Crippen molar-refractivity contribution in [3.8, 4) is 11.8 Å². The van der Waals surface area contributed by atoms with E-state index in [4.69, 9.17) is 5.11 Å². The third kappa shape index (κ3) is 3.94. The average molecular weight is 283 g/mol. The number of nitrogens with one attached hydrogen (secondary N) is 2. The number of nitrogens with zero attached hydrogens (tertiary/aromatic N) is 1. The fourth-order valence-corrected chi connectivity index (χ4v) is 1.88. The van der Waals surface area contributed by atoms with Crippen molar-refractivity contribution in [3.63, 3.8) is 0 Å². The minimum atomic E-state index is -0.139. The molecule has 2 aromatic rings. The van der Waals surface area contributed by atoms with Crippen molar-refractivity contribution in [1.82, 2.24) is 15.5 Å². The number of carbonyl (C=O) groups is 1. The number of hydrogen-bond acceptors (Lipinski definition) is 3. The first kappa shape index (κ1) is 14.8. The summed E-state index contributed by atoms with van der Waals surface area (Å²) in [5.41, 5.74) is 3.17. The van der Waals surface area contributed by atoms with Gasteiger partial charge >= 0.3 is 0 Å². The topological polar surface area (TPSA) is 78.0 Å². The van der Waals surface area contributed by atoms with Crippen LogP contribution in [0.4, 0.5) is 0 Å². The predicted octanol–water partition coefficient (Wildman–Crippen LogP) is 1.38. The van der Waals surface area contributed by atoms with Crippen molar-refractivity contribution in [3.05, 3.63) is 52.8 Å². The van der Waals surface area contributed by atoms with Crippen LogP contribution in [0.25, 0.3) is 0 Å². The number of aliphatic hydroxyl groups is 1. The van der Waals surface area contributed by atoms with Crippen LogP contribution < -0.4 is 5.32 Å². The third-order valence-electron chi connectivity index (χ3n) is 3.05. The number of aromatic amines is 1. The molecule has 0 spiro atoms. The number of aromatic nitrogens is 2. The van der Waals surface area contributed by atoms with E-state index in [1.807, 2.05) is 19.1 Å². The largest absolute Gasteiger partial charge is 0.395 e. The van der Waals surface area contributed by atoms with Gasteiger partial charge < -0.3 is 10.4 Å². The lowest BCUT2D eigenvalue weighted by molar-refractivity contribution is 0.0950. The van der Waals surface area contributed by atoms with Crippen LogP contribution in [0.2, 0.25) is 0 Å². The standard InChI is InChI=1S/C16H17N3O2/c1-12-14(5-2-3-8-20)6-4-7-15(12)16(21)17-9-13-10-18-19-11-13/h4,6-7,10-11,20H,3,8-9H2,1H3,(H,17,21)(H,18,19). The highest BCUT2D eigenvalue weighted by Crippen LogP contribution is 2.13. The van der Waals surface area contributed by atoms with Crippen LogP contribution in [-0.2, 0) is 6.54 Å². The molecule has 0 saturated heterocycles. The molecular weight excluding hydrogens is 266 g/mol. The molecule has 5 heteroatoms. The van der Waals surface area contributed by atoms with Gasteiger partial charge in [0.1, 0.15) is 0 Å². The number of benzene rings is 1. The van der Waals surface area contributed by atoms with Gasteiger partial charge in [-0.15, -0.1) is 0 Å². The Balaban J connectivity index is 2.10. The summed E-state index contributed by atoms with van der Waals surface area (Å²) in [5, 5.41) is 18.1. The number of rotatable bonds is 4. The Morgan fingerprint density at radius 3 is 3.05 bits per heavy atom. The lowest BCUT2D eigenvalue weighted by atomic mass is 10.0. The van der Waals surface area contributed by atoms with Gasteiger partial charge in [0.15, 0.2) is 0 Å². The van der Waals surface area contributed by atoms with Crippen LogP contribution in [0.1, 0.15) is 33.5 Å². The fraction of sp³-hybridized carbons (Fsp3) is 0.250. The molecule has 0 unspecified atom stereocenters. The van der Waals surface area contributed by atoms with Crippen LogP contribution in [0.15, 0.2) is 30.6 Å². The first-order valence-corrected chi connectivity index (χ1v) is 6.67.